The second-order valence-electron chi connectivity index (χ2n) is 6.26. The van der Waals surface area contributed by atoms with Crippen LogP contribution in [0.25, 0.3) is 0 Å². The van der Waals surface area contributed by atoms with Crippen molar-refractivity contribution in [1.82, 2.24) is 0 Å². The van der Waals surface area contributed by atoms with Gasteiger partial charge < -0.3 is 15.6 Å². The Labute approximate surface area is 98.2 Å². The Hall–Kier alpha value is -0.610. The van der Waals surface area contributed by atoms with Crippen LogP contribution >= 0.6 is 0 Å². The van der Waals surface area contributed by atoms with Gasteiger partial charge in [0.05, 0.1) is 0 Å². The summed E-state index contributed by atoms with van der Waals surface area (Å²) in [6, 6.07) is -0.241. The van der Waals surface area contributed by atoms with E-state index >= 15 is 0 Å². The lowest BCUT2D eigenvalue weighted by Gasteiger charge is -2.29. The van der Waals surface area contributed by atoms with Crippen LogP contribution in [-0.4, -0.2) is 28.8 Å². The van der Waals surface area contributed by atoms with Crippen molar-refractivity contribution >= 4 is 5.97 Å². The predicted octanol–water partition coefficient (Wildman–Crippen LogP) is 1.45. The summed E-state index contributed by atoms with van der Waals surface area (Å²) in [5.41, 5.74) is 5.17. The van der Waals surface area contributed by atoms with Gasteiger partial charge in [-0.3, -0.25) is 0 Å². The molecule has 0 bridgehead atoms. The minimum absolute atomic E-state index is 0.136. The Kier molecular flexibility index (Phi) is 4.95. The molecule has 0 radical (unpaired) electrons. The monoisotopic (exact) mass is 231 g/mol. The second-order valence-corrected chi connectivity index (χ2v) is 6.26. The molecule has 0 aromatic heterocycles. The van der Waals surface area contributed by atoms with Crippen molar-refractivity contribution in [1.29, 1.82) is 0 Å². The van der Waals surface area contributed by atoms with Crippen molar-refractivity contribution in [3.8, 4) is 0 Å². The van der Waals surface area contributed by atoms with E-state index in [1.54, 1.807) is 20.8 Å². The molecule has 0 aliphatic rings. The molecular formula is C12H25NO3. The molecule has 0 rings (SSSR count). The van der Waals surface area contributed by atoms with Crippen LogP contribution < -0.4 is 5.73 Å². The molecule has 0 aliphatic carbocycles. The zero-order valence-electron chi connectivity index (χ0n) is 11.2. The summed E-state index contributed by atoms with van der Waals surface area (Å²) in [6.45, 7) is 11.2. The van der Waals surface area contributed by atoms with E-state index in [-0.39, 0.29) is 17.9 Å². The van der Waals surface area contributed by atoms with E-state index in [9.17, 15) is 9.90 Å². The van der Waals surface area contributed by atoms with Crippen molar-refractivity contribution in [2.45, 2.75) is 65.7 Å². The lowest BCUT2D eigenvalue weighted by molar-refractivity contribution is -0.165. The summed E-state index contributed by atoms with van der Waals surface area (Å²) in [5, 5.41) is 9.66. The van der Waals surface area contributed by atoms with Crippen molar-refractivity contribution in [2.75, 3.05) is 0 Å². The minimum atomic E-state index is -1.14. The Morgan fingerprint density at radius 3 is 2.00 bits per heavy atom. The Morgan fingerprint density at radius 1 is 1.25 bits per heavy atom. The molecule has 0 saturated heterocycles. The van der Waals surface area contributed by atoms with Gasteiger partial charge in [0.2, 0.25) is 0 Å². The minimum Gasteiger partial charge on any atom is -0.458 e. The first-order chi connectivity index (χ1) is 6.93. The van der Waals surface area contributed by atoms with Crippen LogP contribution in [0, 0.1) is 5.41 Å². The second kappa shape index (κ2) is 5.15. The summed E-state index contributed by atoms with van der Waals surface area (Å²) in [4.78, 5) is 11.5. The molecular weight excluding hydrogens is 206 g/mol. The first-order valence-electron chi connectivity index (χ1n) is 5.60. The molecule has 0 amide bonds. The number of rotatable bonds is 3. The molecule has 0 aromatic rings. The molecule has 0 heterocycles. The molecule has 0 aromatic carbocycles. The number of carbonyl (C=O) groups is 1. The molecule has 2 atom stereocenters. The molecule has 3 N–H and O–H groups in total. The van der Waals surface area contributed by atoms with Gasteiger partial charge in [0, 0.05) is 6.04 Å². The van der Waals surface area contributed by atoms with Crippen LogP contribution in [0.2, 0.25) is 0 Å². The Balaban J connectivity index is 4.27. The topological polar surface area (TPSA) is 72.5 Å². The quantitative estimate of drug-likeness (QED) is 0.721. The molecule has 4 nitrogen and oxygen atoms in total. The van der Waals surface area contributed by atoms with Crippen LogP contribution in [0.4, 0.5) is 0 Å². The highest BCUT2D eigenvalue weighted by Crippen LogP contribution is 2.21. The van der Waals surface area contributed by atoms with Crippen molar-refractivity contribution in [3.63, 3.8) is 0 Å². The third kappa shape index (κ3) is 6.08. The first kappa shape index (κ1) is 15.4. The largest absolute Gasteiger partial charge is 0.458 e. The van der Waals surface area contributed by atoms with Gasteiger partial charge in [-0.1, -0.05) is 20.8 Å². The molecule has 4 heteroatoms. The summed E-state index contributed by atoms with van der Waals surface area (Å²) >= 11 is 0. The smallest absolute Gasteiger partial charge is 0.335 e. The summed E-state index contributed by atoms with van der Waals surface area (Å²) in [7, 11) is 0. The average molecular weight is 231 g/mol. The van der Waals surface area contributed by atoms with E-state index < -0.39 is 17.7 Å². The zero-order chi connectivity index (χ0) is 13.1. The lowest BCUT2D eigenvalue weighted by Crippen LogP contribution is -2.41. The standard InChI is InChI=1S/C12H25NO3/c1-11(2,3)9(13)7-8(14)10(15)16-12(4,5)6/h8-9,14H,7,13H2,1-6H3/t8-,9+/m1/s1. The normalized spacial score (nSPS) is 16.8. The third-order valence-corrected chi connectivity index (χ3v) is 2.27. The van der Waals surface area contributed by atoms with Gasteiger partial charge in [-0.25, -0.2) is 4.79 Å². The van der Waals surface area contributed by atoms with E-state index in [1.165, 1.54) is 0 Å². The van der Waals surface area contributed by atoms with Crippen LogP contribution in [0.5, 0.6) is 0 Å². The maximum atomic E-state index is 11.5. The Bertz CT molecular complexity index is 238. The highest BCUT2D eigenvalue weighted by atomic mass is 16.6. The van der Waals surface area contributed by atoms with E-state index in [0.717, 1.165) is 0 Å². The number of aliphatic hydroxyl groups is 1. The number of nitrogens with two attached hydrogens (primary N) is 1. The molecule has 0 aliphatic heterocycles. The number of ether oxygens (including phenoxy) is 1. The third-order valence-electron chi connectivity index (χ3n) is 2.27. The number of esters is 1. The fraction of sp³-hybridized carbons (Fsp3) is 0.917. The molecule has 96 valence electrons. The number of carbonyl (C=O) groups excluding carboxylic acids is 1. The van der Waals surface area contributed by atoms with Crippen LogP contribution in [0.3, 0.4) is 0 Å². The molecule has 0 fully saturated rings. The van der Waals surface area contributed by atoms with E-state index in [1.807, 2.05) is 20.8 Å². The highest BCUT2D eigenvalue weighted by molar-refractivity contribution is 5.74. The molecule has 0 saturated carbocycles. The van der Waals surface area contributed by atoms with Gasteiger partial charge >= 0.3 is 5.97 Å². The van der Waals surface area contributed by atoms with Crippen LogP contribution in [0.1, 0.15) is 48.0 Å². The summed E-state index contributed by atoms with van der Waals surface area (Å²) in [5.74, 6) is -0.604. The number of hydrogen-bond acceptors (Lipinski definition) is 4. The van der Waals surface area contributed by atoms with E-state index in [0.29, 0.717) is 0 Å². The lowest BCUT2D eigenvalue weighted by atomic mass is 9.84. The number of hydrogen-bond donors (Lipinski definition) is 2. The molecule has 0 unspecified atom stereocenters. The maximum Gasteiger partial charge on any atom is 0.335 e. The van der Waals surface area contributed by atoms with Crippen LogP contribution in [0.15, 0.2) is 0 Å². The van der Waals surface area contributed by atoms with Gasteiger partial charge in [0.15, 0.2) is 6.10 Å². The van der Waals surface area contributed by atoms with Gasteiger partial charge in [-0.05, 0) is 32.6 Å². The molecule has 16 heavy (non-hydrogen) atoms. The highest BCUT2D eigenvalue weighted by Gasteiger charge is 2.29. The Morgan fingerprint density at radius 2 is 1.69 bits per heavy atom. The van der Waals surface area contributed by atoms with Crippen molar-refractivity contribution in [2.24, 2.45) is 11.1 Å². The zero-order valence-corrected chi connectivity index (χ0v) is 11.2. The van der Waals surface area contributed by atoms with Crippen LogP contribution in [-0.2, 0) is 9.53 Å². The molecule has 0 spiro atoms. The SMILES string of the molecule is CC(C)(C)OC(=O)[C@H](O)C[C@H](N)C(C)(C)C. The number of aliphatic hydroxyl groups excluding tert-OH is 1. The van der Waals surface area contributed by atoms with Crippen molar-refractivity contribution < 1.29 is 14.6 Å². The van der Waals surface area contributed by atoms with E-state index in [2.05, 4.69) is 0 Å². The first-order valence-corrected chi connectivity index (χ1v) is 5.60. The van der Waals surface area contributed by atoms with Crippen molar-refractivity contribution in [3.05, 3.63) is 0 Å². The van der Waals surface area contributed by atoms with Gasteiger partial charge in [0.1, 0.15) is 5.60 Å². The summed E-state index contributed by atoms with van der Waals surface area (Å²) in [6.07, 6.45) is -0.924. The van der Waals surface area contributed by atoms with Gasteiger partial charge in [0.25, 0.3) is 0 Å². The van der Waals surface area contributed by atoms with Gasteiger partial charge in [-0.15, -0.1) is 0 Å². The van der Waals surface area contributed by atoms with E-state index in [4.69, 9.17) is 10.5 Å². The predicted molar refractivity (Wildman–Crippen MR) is 63.9 cm³/mol. The maximum absolute atomic E-state index is 11.5. The average Bonchev–Trinajstić information content (AvgIpc) is 1.98. The van der Waals surface area contributed by atoms with Gasteiger partial charge in [-0.2, -0.15) is 0 Å². The fourth-order valence-electron chi connectivity index (χ4n) is 1.06. The fourth-order valence-corrected chi connectivity index (χ4v) is 1.06. The summed E-state index contributed by atoms with van der Waals surface area (Å²) < 4.78 is 5.07.